The lowest BCUT2D eigenvalue weighted by molar-refractivity contribution is -0.137. The van der Waals surface area contributed by atoms with Crippen molar-refractivity contribution >= 4 is 33.3 Å². The fourth-order valence-corrected chi connectivity index (χ4v) is 4.77. The van der Waals surface area contributed by atoms with Gasteiger partial charge in [-0.1, -0.05) is 17.7 Å². The van der Waals surface area contributed by atoms with Gasteiger partial charge in [0.1, 0.15) is 12.3 Å². The first kappa shape index (κ1) is 22.3. The average molecular weight is 471 g/mol. The van der Waals surface area contributed by atoms with Crippen molar-refractivity contribution in [2.24, 2.45) is 0 Å². The number of nitrogens with one attached hydrogen (secondary N) is 1. The number of carboxylic acids is 1. The van der Waals surface area contributed by atoms with Crippen LogP contribution < -0.4 is 14.4 Å². The molecule has 0 radical (unpaired) electrons. The summed E-state index contributed by atoms with van der Waals surface area (Å²) in [7, 11) is -4.08. The molecule has 0 unspecified atom stereocenters. The number of carbonyl (C=O) groups is 2. The first-order chi connectivity index (χ1) is 15.6. The van der Waals surface area contributed by atoms with Crippen molar-refractivity contribution in [2.75, 3.05) is 22.8 Å². The van der Waals surface area contributed by atoms with Crippen molar-refractivity contribution in [3.8, 4) is 11.4 Å². The smallest absolute Gasteiger partial charge is 0.323 e. The second-order valence-corrected chi connectivity index (χ2v) is 9.37. The Hall–Kier alpha value is -3.86. The molecule has 1 aromatic heterocycles. The van der Waals surface area contributed by atoms with Gasteiger partial charge in [-0.25, -0.2) is 13.1 Å². The number of hydrogen-bond acceptors (Lipinski definition) is 6. The molecule has 0 atom stereocenters. The molecule has 3 aromatic rings. The number of anilines is 2. The lowest BCUT2D eigenvalue weighted by Gasteiger charge is -2.28. The maximum atomic E-state index is 13.2. The van der Waals surface area contributed by atoms with Crippen molar-refractivity contribution < 1.29 is 27.9 Å². The number of benzene rings is 2. The number of ether oxygens (including phenoxy) is 1. The minimum atomic E-state index is -4.08. The molecular weight excluding hydrogens is 448 g/mol. The van der Waals surface area contributed by atoms with Crippen LogP contribution >= 0.6 is 0 Å². The molecule has 11 heteroatoms. The summed E-state index contributed by atoms with van der Waals surface area (Å²) < 4.78 is 35.9. The van der Waals surface area contributed by atoms with E-state index in [0.717, 1.165) is 16.2 Å². The molecule has 2 heterocycles. The van der Waals surface area contributed by atoms with Crippen LogP contribution in [0.1, 0.15) is 17.0 Å². The molecule has 0 saturated heterocycles. The topological polar surface area (TPSA) is 131 Å². The van der Waals surface area contributed by atoms with E-state index in [1.807, 2.05) is 31.2 Å². The molecule has 10 nitrogen and oxygen atoms in total. The van der Waals surface area contributed by atoms with Crippen LogP contribution in [0.25, 0.3) is 5.69 Å². The molecule has 172 valence electrons. The van der Waals surface area contributed by atoms with Gasteiger partial charge in [-0.15, -0.1) is 0 Å². The van der Waals surface area contributed by atoms with Gasteiger partial charge in [0, 0.05) is 0 Å². The van der Waals surface area contributed by atoms with Gasteiger partial charge in [-0.05, 0) is 51.1 Å². The van der Waals surface area contributed by atoms with Crippen LogP contribution in [0.5, 0.6) is 5.75 Å². The van der Waals surface area contributed by atoms with Gasteiger partial charge in [0.05, 0.1) is 33.3 Å². The van der Waals surface area contributed by atoms with Gasteiger partial charge in [0.15, 0.2) is 6.61 Å². The summed E-state index contributed by atoms with van der Waals surface area (Å²) in [5, 5.41) is 13.6. The zero-order valence-corrected chi connectivity index (χ0v) is 19.0. The Morgan fingerprint density at radius 1 is 1.15 bits per heavy atom. The maximum absolute atomic E-state index is 13.2. The molecule has 1 amide bonds. The van der Waals surface area contributed by atoms with Crippen molar-refractivity contribution in [2.45, 2.75) is 25.7 Å². The monoisotopic (exact) mass is 470 g/mol. The molecule has 2 aromatic carbocycles. The molecule has 0 spiro atoms. The zero-order valence-electron chi connectivity index (χ0n) is 18.2. The Morgan fingerprint density at radius 2 is 1.85 bits per heavy atom. The van der Waals surface area contributed by atoms with Crippen LogP contribution in [0.2, 0.25) is 0 Å². The van der Waals surface area contributed by atoms with Gasteiger partial charge in [-0.3, -0.25) is 19.2 Å². The van der Waals surface area contributed by atoms with Crippen LogP contribution in [-0.2, 0) is 19.6 Å². The van der Waals surface area contributed by atoms with Gasteiger partial charge in [0.25, 0.3) is 15.9 Å². The molecule has 1 aliphatic heterocycles. The summed E-state index contributed by atoms with van der Waals surface area (Å²) >= 11 is 0. The molecule has 4 rings (SSSR count). The fraction of sp³-hybridized carbons (Fsp3) is 0.227. The lowest BCUT2D eigenvalue weighted by atomic mass is 10.2. The van der Waals surface area contributed by atoms with Crippen molar-refractivity contribution in [3.63, 3.8) is 0 Å². The van der Waals surface area contributed by atoms with E-state index in [4.69, 9.17) is 9.84 Å². The molecule has 0 fully saturated rings. The number of rotatable bonds is 6. The third-order valence-electron chi connectivity index (χ3n) is 5.28. The van der Waals surface area contributed by atoms with Crippen molar-refractivity contribution in [1.29, 1.82) is 0 Å². The van der Waals surface area contributed by atoms with E-state index >= 15 is 0 Å². The predicted octanol–water partition coefficient (Wildman–Crippen LogP) is 2.41. The second kappa shape index (κ2) is 8.24. The second-order valence-electron chi connectivity index (χ2n) is 7.69. The van der Waals surface area contributed by atoms with E-state index < -0.39 is 28.4 Å². The Bertz CT molecular complexity index is 1360. The number of fused-ring (bicyclic) bond motifs is 1. The number of amides is 1. The van der Waals surface area contributed by atoms with Gasteiger partial charge in [0.2, 0.25) is 0 Å². The Labute approximate surface area is 190 Å². The number of aliphatic carboxylic acids is 1. The standard InChI is InChI=1S/C22H22N4O6S/c1-13-4-6-16(7-5-13)26-15(3)22(14(2)23-26)24-33(30,31)17-8-9-19-18(10-17)25(11-21(28)29)20(27)12-32-19/h4-10,24H,11-12H2,1-3H3,(H,28,29). The van der Waals surface area contributed by atoms with E-state index in [1.54, 1.807) is 18.5 Å². The minimum Gasteiger partial charge on any atom is -0.482 e. The third-order valence-corrected chi connectivity index (χ3v) is 6.63. The highest BCUT2D eigenvalue weighted by Crippen LogP contribution is 2.35. The molecule has 0 aliphatic carbocycles. The third kappa shape index (κ3) is 4.27. The van der Waals surface area contributed by atoms with Crippen molar-refractivity contribution in [3.05, 3.63) is 59.4 Å². The highest BCUT2D eigenvalue weighted by molar-refractivity contribution is 7.92. The highest BCUT2D eigenvalue weighted by Gasteiger charge is 2.30. The maximum Gasteiger partial charge on any atom is 0.323 e. The van der Waals surface area contributed by atoms with E-state index in [2.05, 4.69) is 9.82 Å². The van der Waals surface area contributed by atoms with E-state index in [0.29, 0.717) is 17.1 Å². The first-order valence-electron chi connectivity index (χ1n) is 10.0. The SMILES string of the molecule is Cc1ccc(-n2nc(C)c(NS(=O)(=O)c3ccc4c(c3)N(CC(=O)O)C(=O)CO4)c2C)cc1. The highest BCUT2D eigenvalue weighted by atomic mass is 32.2. The zero-order chi connectivity index (χ0) is 23.9. The molecule has 2 N–H and O–H groups in total. The first-order valence-corrected chi connectivity index (χ1v) is 11.5. The lowest BCUT2D eigenvalue weighted by Crippen LogP contribution is -2.42. The van der Waals surface area contributed by atoms with E-state index in [1.165, 1.54) is 18.2 Å². The summed E-state index contributed by atoms with van der Waals surface area (Å²) in [6.07, 6.45) is 0. The van der Waals surface area contributed by atoms with Crippen molar-refractivity contribution in [1.82, 2.24) is 9.78 Å². The number of carbonyl (C=O) groups excluding carboxylic acids is 1. The van der Waals surface area contributed by atoms with Crippen LogP contribution in [0, 0.1) is 20.8 Å². The summed E-state index contributed by atoms with van der Waals surface area (Å²) in [4.78, 5) is 24.2. The Kier molecular flexibility index (Phi) is 5.58. The molecule has 33 heavy (non-hydrogen) atoms. The summed E-state index contributed by atoms with van der Waals surface area (Å²) in [6, 6.07) is 11.6. The number of aromatic nitrogens is 2. The Morgan fingerprint density at radius 3 is 2.52 bits per heavy atom. The van der Waals surface area contributed by atoms with E-state index in [9.17, 15) is 18.0 Å². The van der Waals surface area contributed by atoms with Crippen LogP contribution in [0.3, 0.4) is 0 Å². The van der Waals surface area contributed by atoms with Crippen LogP contribution in [0.15, 0.2) is 47.4 Å². The molecule has 1 aliphatic rings. The number of aryl methyl sites for hydroxylation is 2. The number of nitrogens with zero attached hydrogens (tertiary/aromatic N) is 3. The minimum absolute atomic E-state index is 0.0836. The van der Waals surface area contributed by atoms with Crippen LogP contribution in [0.4, 0.5) is 11.4 Å². The average Bonchev–Trinajstić information content (AvgIpc) is 3.03. The summed E-state index contributed by atoms with van der Waals surface area (Å²) in [5.74, 6) is -1.56. The molecular formula is C22H22N4O6S. The quantitative estimate of drug-likeness (QED) is 0.566. The number of hydrogen-bond donors (Lipinski definition) is 2. The van der Waals surface area contributed by atoms with Gasteiger partial charge in [-0.2, -0.15) is 5.10 Å². The number of sulfonamides is 1. The summed E-state index contributed by atoms with van der Waals surface area (Å²) in [6.45, 7) is 4.50. The fourth-order valence-electron chi connectivity index (χ4n) is 3.58. The molecule has 0 bridgehead atoms. The largest absolute Gasteiger partial charge is 0.482 e. The van der Waals surface area contributed by atoms with E-state index in [-0.39, 0.29) is 22.9 Å². The predicted molar refractivity (Wildman–Crippen MR) is 121 cm³/mol. The van der Waals surface area contributed by atoms with Gasteiger partial charge < -0.3 is 9.84 Å². The molecule has 0 saturated carbocycles. The Balaban J connectivity index is 1.69. The van der Waals surface area contributed by atoms with Crippen LogP contribution in [-0.4, -0.2) is 48.3 Å². The van der Waals surface area contributed by atoms with Gasteiger partial charge >= 0.3 is 5.97 Å². The normalized spacial score (nSPS) is 13.4. The summed E-state index contributed by atoms with van der Waals surface area (Å²) in [5.41, 5.74) is 3.39. The number of carboxylic acid groups (broad SMARTS) is 1.